The van der Waals surface area contributed by atoms with Crippen LogP contribution in [-0.2, 0) is 40.6 Å². The van der Waals surface area contributed by atoms with Crippen LogP contribution in [-0.4, -0.2) is 152 Å². The van der Waals surface area contributed by atoms with Crippen molar-refractivity contribution in [2.24, 2.45) is 0 Å². The molecule has 1 saturated carbocycles. The van der Waals surface area contributed by atoms with Gasteiger partial charge in [0.25, 0.3) is 0 Å². The van der Waals surface area contributed by atoms with E-state index in [4.69, 9.17) is 44.1 Å². The number of nitrogens with zero attached hydrogens (tertiary/aromatic N) is 3. The number of likely N-dealkylation sites (N-methyl/N-ethyl adjacent to an activating group) is 1. The van der Waals surface area contributed by atoms with Gasteiger partial charge in [-0.2, -0.15) is 0 Å². The standard InChI is InChI=1S/C27H30F2N2O3.C20H31NO3.C6H8O7/c1-32-24-13-8-21(26(33-2)27(24)34-3)18-30-14-16-31(17-15-30)25(19-4-9-22(28)10-5-19)20-6-11-23(29)12-7-20;1-3-21(4-2)14-15-23-16-17-24-19(22)20(12-8-9-13-20)18-10-6-5-7-11-18;7-3(8)1-6(13,5(11)12)2-4(9)10/h4-13,25H,14-18H2,1-3H3;5-7,10-11H,3-4,8-9,12-17H2,1-2H3;13H,1-2H2,(H,7,8)(H,9,10)(H,11,12). The Morgan fingerprint density at radius 3 is 1.69 bits per heavy atom. The molecule has 388 valence electrons. The number of hydrogen-bond donors (Lipinski definition) is 4. The van der Waals surface area contributed by atoms with Gasteiger partial charge in [0.15, 0.2) is 17.1 Å². The maximum Gasteiger partial charge on any atom is 0.336 e. The third-order valence-corrected chi connectivity index (χ3v) is 12.7. The Morgan fingerprint density at radius 1 is 0.690 bits per heavy atom. The molecule has 0 spiro atoms. The zero-order valence-electron chi connectivity index (χ0n) is 41.3. The third-order valence-electron chi connectivity index (χ3n) is 12.7. The molecule has 1 heterocycles. The van der Waals surface area contributed by atoms with Crippen LogP contribution in [0, 0.1) is 11.6 Å². The van der Waals surface area contributed by atoms with Crippen LogP contribution in [0.4, 0.5) is 8.78 Å². The molecular weight excluding hydrogens is 925 g/mol. The van der Waals surface area contributed by atoms with E-state index in [0.717, 1.165) is 100 Å². The van der Waals surface area contributed by atoms with E-state index < -0.39 is 41.8 Å². The maximum atomic E-state index is 13.6. The topological polar surface area (TPSA) is 205 Å². The number of carbonyl (C=O) groups excluding carboxylic acids is 1. The highest BCUT2D eigenvalue weighted by Gasteiger charge is 2.44. The summed E-state index contributed by atoms with van der Waals surface area (Å²) in [5.74, 6) is -3.73. The molecule has 71 heavy (non-hydrogen) atoms. The van der Waals surface area contributed by atoms with Crippen molar-refractivity contribution in [3.8, 4) is 17.2 Å². The molecule has 6 rings (SSSR count). The van der Waals surface area contributed by atoms with Crippen LogP contribution in [0.3, 0.4) is 0 Å². The molecule has 0 atom stereocenters. The van der Waals surface area contributed by atoms with Crippen LogP contribution in [0.1, 0.15) is 80.7 Å². The molecule has 4 aromatic carbocycles. The summed E-state index contributed by atoms with van der Waals surface area (Å²) in [6.45, 7) is 12.8. The van der Waals surface area contributed by atoms with E-state index in [9.17, 15) is 28.0 Å². The first kappa shape index (κ1) is 57.4. The van der Waals surface area contributed by atoms with Crippen LogP contribution >= 0.6 is 0 Å². The van der Waals surface area contributed by atoms with Crippen molar-refractivity contribution in [1.82, 2.24) is 14.7 Å². The fourth-order valence-corrected chi connectivity index (χ4v) is 8.84. The summed E-state index contributed by atoms with van der Waals surface area (Å²) in [5, 5.41) is 33.8. The van der Waals surface area contributed by atoms with Crippen LogP contribution < -0.4 is 14.2 Å². The van der Waals surface area contributed by atoms with Gasteiger partial charge in [0.1, 0.15) is 18.2 Å². The Morgan fingerprint density at radius 2 is 1.23 bits per heavy atom. The highest BCUT2D eigenvalue weighted by atomic mass is 19.1. The molecule has 1 aliphatic heterocycles. The van der Waals surface area contributed by atoms with Gasteiger partial charge < -0.3 is 49.0 Å². The number of methoxy groups -OCH3 is 3. The average molecular weight is 994 g/mol. The van der Waals surface area contributed by atoms with Crippen molar-refractivity contribution in [2.75, 3.05) is 87.0 Å². The number of carboxylic acids is 3. The summed E-state index contributed by atoms with van der Waals surface area (Å²) >= 11 is 0. The molecule has 1 aliphatic carbocycles. The fourth-order valence-electron chi connectivity index (χ4n) is 8.84. The van der Waals surface area contributed by atoms with Crippen LogP contribution in [0.25, 0.3) is 0 Å². The van der Waals surface area contributed by atoms with E-state index in [1.54, 1.807) is 21.3 Å². The SMILES string of the molecule is CCN(CC)CCOCCOC(=O)C1(c2ccccc2)CCCC1.COc1ccc(CN2CCN(C(c3ccc(F)cc3)c3ccc(F)cc3)CC2)c(OC)c1OC.O=C(O)CC(O)(CC(=O)O)C(=O)O. The van der Waals surface area contributed by atoms with Gasteiger partial charge in [-0.15, -0.1) is 0 Å². The van der Waals surface area contributed by atoms with E-state index >= 15 is 0 Å². The maximum absolute atomic E-state index is 13.6. The first-order valence-electron chi connectivity index (χ1n) is 23.7. The molecule has 4 N–H and O–H groups in total. The second-order valence-corrected chi connectivity index (χ2v) is 17.2. The van der Waals surface area contributed by atoms with Crippen molar-refractivity contribution in [1.29, 1.82) is 0 Å². The smallest absolute Gasteiger partial charge is 0.336 e. The Bertz CT molecular complexity index is 2210. The minimum Gasteiger partial charge on any atom is -0.493 e. The Labute approximate surface area is 414 Å². The zero-order valence-corrected chi connectivity index (χ0v) is 41.3. The van der Waals surface area contributed by atoms with Gasteiger partial charge in [-0.1, -0.05) is 87.4 Å². The normalized spacial score (nSPS) is 14.7. The second-order valence-electron chi connectivity index (χ2n) is 17.2. The summed E-state index contributed by atoms with van der Waals surface area (Å²) in [6.07, 6.45) is 1.66. The third kappa shape index (κ3) is 16.7. The van der Waals surface area contributed by atoms with Gasteiger partial charge in [-0.25, -0.2) is 13.6 Å². The fraction of sp³-hybridized carbons (Fsp3) is 0.472. The Balaban J connectivity index is 0.000000257. The van der Waals surface area contributed by atoms with Crippen molar-refractivity contribution in [3.05, 3.63) is 125 Å². The average Bonchev–Trinajstić information content (AvgIpc) is 3.87. The second kappa shape index (κ2) is 28.6. The Kier molecular flexibility index (Phi) is 23.1. The number of esters is 1. The molecule has 0 bridgehead atoms. The number of carbonyl (C=O) groups is 4. The molecule has 0 unspecified atom stereocenters. The number of piperazine rings is 1. The van der Waals surface area contributed by atoms with E-state index in [-0.39, 0.29) is 23.6 Å². The van der Waals surface area contributed by atoms with Gasteiger partial charge in [-0.3, -0.25) is 24.2 Å². The minimum absolute atomic E-state index is 0.0704. The lowest BCUT2D eigenvalue weighted by atomic mass is 9.79. The van der Waals surface area contributed by atoms with Crippen LogP contribution in [0.2, 0.25) is 0 Å². The van der Waals surface area contributed by atoms with Gasteiger partial charge in [-0.05, 0) is 73.0 Å². The van der Waals surface area contributed by atoms with Gasteiger partial charge in [0.05, 0.1) is 58.8 Å². The van der Waals surface area contributed by atoms with E-state index in [1.165, 1.54) is 24.3 Å². The van der Waals surface area contributed by atoms with E-state index in [1.807, 2.05) is 66.7 Å². The highest BCUT2D eigenvalue weighted by molar-refractivity contribution is 5.88. The first-order chi connectivity index (χ1) is 34.0. The summed E-state index contributed by atoms with van der Waals surface area (Å²) in [5.41, 5.74) is 0.920. The monoisotopic (exact) mass is 993 g/mol. The quantitative estimate of drug-likeness (QED) is 0.0434. The molecular formula is C53H69F2N3O13. The lowest BCUT2D eigenvalue weighted by Gasteiger charge is -2.40. The highest BCUT2D eigenvalue weighted by Crippen LogP contribution is 2.43. The number of aliphatic carboxylic acids is 3. The lowest BCUT2D eigenvalue weighted by molar-refractivity contribution is -0.170. The molecule has 18 heteroatoms. The van der Waals surface area contributed by atoms with Crippen molar-refractivity contribution < 1.29 is 72.1 Å². The molecule has 2 fully saturated rings. The summed E-state index contributed by atoms with van der Waals surface area (Å²) < 4.78 is 54.9. The largest absolute Gasteiger partial charge is 0.493 e. The molecule has 2 aliphatic rings. The molecule has 0 radical (unpaired) electrons. The van der Waals surface area contributed by atoms with E-state index in [2.05, 4.69) is 28.5 Å². The van der Waals surface area contributed by atoms with E-state index in [0.29, 0.717) is 37.1 Å². The lowest BCUT2D eigenvalue weighted by Crippen LogP contribution is -2.47. The van der Waals surface area contributed by atoms with Gasteiger partial charge in [0, 0.05) is 44.8 Å². The number of aliphatic hydroxyl groups is 1. The molecule has 0 amide bonds. The number of carboxylic acid groups (broad SMARTS) is 3. The minimum atomic E-state index is -2.74. The Hall–Kier alpha value is -6.18. The van der Waals surface area contributed by atoms with Crippen molar-refractivity contribution in [3.63, 3.8) is 0 Å². The number of ether oxygens (including phenoxy) is 5. The molecule has 16 nitrogen and oxygen atoms in total. The first-order valence-corrected chi connectivity index (χ1v) is 23.7. The zero-order chi connectivity index (χ0) is 52.0. The number of benzene rings is 4. The summed E-state index contributed by atoms with van der Waals surface area (Å²) in [6, 6.07) is 27.1. The summed E-state index contributed by atoms with van der Waals surface area (Å²) in [4.78, 5) is 50.2. The molecule has 1 saturated heterocycles. The number of hydrogen-bond acceptors (Lipinski definition) is 13. The summed E-state index contributed by atoms with van der Waals surface area (Å²) in [7, 11) is 4.84. The van der Waals surface area contributed by atoms with Crippen molar-refractivity contribution >= 4 is 23.9 Å². The molecule has 0 aromatic heterocycles. The van der Waals surface area contributed by atoms with Crippen molar-refractivity contribution in [2.45, 2.75) is 76.0 Å². The van der Waals surface area contributed by atoms with Gasteiger partial charge in [0.2, 0.25) is 5.75 Å². The molecule has 4 aromatic rings. The number of halogens is 2. The van der Waals surface area contributed by atoms with Crippen LogP contribution in [0.5, 0.6) is 17.2 Å². The number of rotatable bonds is 23. The predicted octanol–water partition coefficient (Wildman–Crippen LogP) is 7.05. The predicted molar refractivity (Wildman–Crippen MR) is 261 cm³/mol. The van der Waals surface area contributed by atoms with Crippen LogP contribution in [0.15, 0.2) is 91.0 Å². The van der Waals surface area contributed by atoms with Gasteiger partial charge >= 0.3 is 23.9 Å².